The lowest BCUT2D eigenvalue weighted by molar-refractivity contribution is 0.0119. The molecule has 1 amide bonds. The number of hydrogen-bond donors (Lipinski definition) is 0. The molecule has 2 rings (SSSR count). The molecule has 0 saturated carbocycles. The van der Waals surface area contributed by atoms with Crippen LogP contribution in [0.3, 0.4) is 0 Å². The van der Waals surface area contributed by atoms with Crippen molar-refractivity contribution in [3.8, 4) is 0 Å². The second-order valence-electron chi connectivity index (χ2n) is 5.45. The zero-order valence-corrected chi connectivity index (χ0v) is 12.7. The van der Waals surface area contributed by atoms with E-state index >= 15 is 0 Å². The topological polar surface area (TPSA) is 47.4 Å². The van der Waals surface area contributed by atoms with Gasteiger partial charge in [0.25, 0.3) is 0 Å². The molecule has 18 heavy (non-hydrogen) atoms. The van der Waals surface area contributed by atoms with Gasteiger partial charge in [-0.15, -0.1) is 0 Å². The summed E-state index contributed by atoms with van der Waals surface area (Å²) in [5.74, 6) is 0. The van der Waals surface area contributed by atoms with Crippen LogP contribution in [0.5, 0.6) is 0 Å². The molecule has 1 aliphatic rings. The van der Waals surface area contributed by atoms with Gasteiger partial charge in [-0.2, -0.15) is 5.10 Å². The van der Waals surface area contributed by atoms with Crippen molar-refractivity contribution in [3.63, 3.8) is 0 Å². The van der Waals surface area contributed by atoms with E-state index < -0.39 is 5.60 Å². The fraction of sp³-hybridized carbons (Fsp3) is 0.667. The number of nitrogens with zero attached hydrogens (tertiary/aromatic N) is 3. The monoisotopic (exact) mass is 315 g/mol. The van der Waals surface area contributed by atoms with E-state index in [1.165, 1.54) is 0 Å². The van der Waals surface area contributed by atoms with Crippen molar-refractivity contribution in [2.75, 3.05) is 6.54 Å². The highest BCUT2D eigenvalue weighted by Crippen LogP contribution is 2.31. The third-order valence-corrected chi connectivity index (χ3v) is 3.49. The van der Waals surface area contributed by atoms with Crippen LogP contribution in [-0.4, -0.2) is 32.9 Å². The predicted molar refractivity (Wildman–Crippen MR) is 71.3 cm³/mol. The Morgan fingerprint density at radius 2 is 2.17 bits per heavy atom. The molecule has 0 bridgehead atoms. The molecule has 0 N–H and O–H groups in total. The van der Waals surface area contributed by atoms with Gasteiger partial charge in [0, 0.05) is 6.54 Å². The molecule has 1 aromatic heterocycles. The highest BCUT2D eigenvalue weighted by atomic mass is 79.9. The fourth-order valence-electron chi connectivity index (χ4n) is 2.08. The summed E-state index contributed by atoms with van der Waals surface area (Å²) in [6, 6.07) is -0.0366. The molecule has 1 aromatic rings. The SMILES string of the molecule is CC1c2c(Br)cnn2CCN1C(=O)OC(C)(C)C. The predicted octanol–water partition coefficient (Wildman–Crippen LogP) is 2.96. The van der Waals surface area contributed by atoms with Crippen LogP contribution in [0.15, 0.2) is 10.7 Å². The molecule has 0 fully saturated rings. The molecule has 1 unspecified atom stereocenters. The van der Waals surface area contributed by atoms with Crippen LogP contribution < -0.4 is 0 Å². The molecule has 5 nitrogen and oxygen atoms in total. The second kappa shape index (κ2) is 4.57. The van der Waals surface area contributed by atoms with Crippen LogP contribution in [0.1, 0.15) is 39.4 Å². The highest BCUT2D eigenvalue weighted by molar-refractivity contribution is 9.10. The van der Waals surface area contributed by atoms with Crippen LogP contribution in [-0.2, 0) is 11.3 Å². The van der Waals surface area contributed by atoms with E-state index in [-0.39, 0.29) is 12.1 Å². The summed E-state index contributed by atoms with van der Waals surface area (Å²) in [4.78, 5) is 13.9. The molecule has 0 aliphatic carbocycles. The number of ether oxygens (including phenoxy) is 1. The molecular formula is C12H18BrN3O2. The van der Waals surface area contributed by atoms with E-state index in [1.54, 1.807) is 11.1 Å². The Hall–Kier alpha value is -1.04. The first kappa shape index (κ1) is 13.4. The summed E-state index contributed by atoms with van der Waals surface area (Å²) in [6.07, 6.45) is 1.50. The first-order valence-corrected chi connectivity index (χ1v) is 6.80. The molecule has 0 spiro atoms. The van der Waals surface area contributed by atoms with Gasteiger partial charge in [0.2, 0.25) is 0 Å². The van der Waals surface area contributed by atoms with E-state index in [9.17, 15) is 4.79 Å². The summed E-state index contributed by atoms with van der Waals surface area (Å²) in [5, 5.41) is 4.27. The first-order chi connectivity index (χ1) is 8.29. The summed E-state index contributed by atoms with van der Waals surface area (Å²) in [7, 11) is 0. The summed E-state index contributed by atoms with van der Waals surface area (Å²) in [6.45, 7) is 8.93. The first-order valence-electron chi connectivity index (χ1n) is 6.00. The number of hydrogen-bond acceptors (Lipinski definition) is 3. The molecule has 0 saturated heterocycles. The van der Waals surface area contributed by atoms with E-state index in [4.69, 9.17) is 4.74 Å². The number of fused-ring (bicyclic) bond motifs is 1. The van der Waals surface area contributed by atoms with E-state index in [0.717, 1.165) is 10.2 Å². The largest absolute Gasteiger partial charge is 0.444 e. The van der Waals surface area contributed by atoms with Gasteiger partial charge in [0.1, 0.15) is 5.60 Å². The van der Waals surface area contributed by atoms with Crippen LogP contribution >= 0.6 is 15.9 Å². The maximum atomic E-state index is 12.1. The van der Waals surface area contributed by atoms with Gasteiger partial charge in [0.15, 0.2) is 0 Å². The summed E-state index contributed by atoms with van der Waals surface area (Å²) in [5.41, 5.74) is 0.554. The number of aromatic nitrogens is 2. The molecule has 0 aromatic carbocycles. The zero-order chi connectivity index (χ0) is 13.5. The maximum absolute atomic E-state index is 12.1. The number of amides is 1. The van der Waals surface area contributed by atoms with Gasteiger partial charge in [0.05, 0.1) is 29.0 Å². The Bertz CT molecular complexity index is 464. The van der Waals surface area contributed by atoms with Crippen LogP contribution in [0.2, 0.25) is 0 Å². The average molecular weight is 316 g/mol. The molecule has 6 heteroatoms. The zero-order valence-electron chi connectivity index (χ0n) is 11.1. The molecule has 1 aliphatic heterocycles. The van der Waals surface area contributed by atoms with Gasteiger partial charge >= 0.3 is 6.09 Å². The Morgan fingerprint density at radius 1 is 1.50 bits per heavy atom. The van der Waals surface area contributed by atoms with Gasteiger partial charge in [-0.05, 0) is 43.6 Å². The third-order valence-electron chi connectivity index (χ3n) is 2.88. The molecule has 2 heterocycles. The van der Waals surface area contributed by atoms with Crippen LogP contribution in [0.4, 0.5) is 4.79 Å². The van der Waals surface area contributed by atoms with Crippen molar-refractivity contribution in [2.45, 2.75) is 45.9 Å². The number of rotatable bonds is 0. The van der Waals surface area contributed by atoms with Crippen molar-refractivity contribution >= 4 is 22.0 Å². The standard InChI is InChI=1S/C12H18BrN3O2/c1-8-10-9(13)7-14-16(10)6-5-15(8)11(17)18-12(2,3)4/h7-8H,5-6H2,1-4H3. The summed E-state index contributed by atoms with van der Waals surface area (Å²) >= 11 is 3.47. The van der Waals surface area contributed by atoms with Crippen LogP contribution in [0, 0.1) is 0 Å². The minimum atomic E-state index is -0.467. The van der Waals surface area contributed by atoms with Crippen molar-refractivity contribution in [2.24, 2.45) is 0 Å². The third kappa shape index (κ3) is 2.53. The lowest BCUT2D eigenvalue weighted by Gasteiger charge is -2.35. The minimum absolute atomic E-state index is 0.0366. The lowest BCUT2D eigenvalue weighted by Crippen LogP contribution is -2.43. The molecular weight excluding hydrogens is 298 g/mol. The molecule has 0 radical (unpaired) electrons. The Labute approximate surface area is 115 Å². The van der Waals surface area contributed by atoms with E-state index in [1.807, 2.05) is 32.4 Å². The van der Waals surface area contributed by atoms with Crippen molar-refractivity contribution in [3.05, 3.63) is 16.4 Å². The fourth-order valence-corrected chi connectivity index (χ4v) is 2.71. The number of halogens is 1. The Balaban J connectivity index is 2.19. The van der Waals surface area contributed by atoms with Crippen molar-refractivity contribution < 1.29 is 9.53 Å². The van der Waals surface area contributed by atoms with E-state index in [0.29, 0.717) is 13.1 Å². The summed E-state index contributed by atoms with van der Waals surface area (Å²) < 4.78 is 8.28. The molecule has 1 atom stereocenters. The highest BCUT2D eigenvalue weighted by Gasteiger charge is 2.32. The van der Waals surface area contributed by atoms with Crippen LogP contribution in [0.25, 0.3) is 0 Å². The van der Waals surface area contributed by atoms with Gasteiger partial charge in [-0.25, -0.2) is 4.79 Å². The van der Waals surface area contributed by atoms with Gasteiger partial charge < -0.3 is 4.74 Å². The second-order valence-corrected chi connectivity index (χ2v) is 6.30. The average Bonchev–Trinajstić information content (AvgIpc) is 2.58. The molecule has 100 valence electrons. The normalized spacial score (nSPS) is 19.6. The number of carbonyl (C=O) groups is 1. The Morgan fingerprint density at radius 3 is 2.78 bits per heavy atom. The van der Waals surface area contributed by atoms with Gasteiger partial charge in [-0.3, -0.25) is 9.58 Å². The lowest BCUT2D eigenvalue weighted by atomic mass is 10.1. The number of carbonyl (C=O) groups excluding carboxylic acids is 1. The van der Waals surface area contributed by atoms with Gasteiger partial charge in [-0.1, -0.05) is 0 Å². The van der Waals surface area contributed by atoms with Crippen molar-refractivity contribution in [1.82, 2.24) is 14.7 Å². The maximum Gasteiger partial charge on any atom is 0.410 e. The van der Waals surface area contributed by atoms with E-state index in [2.05, 4.69) is 21.0 Å². The van der Waals surface area contributed by atoms with Crippen molar-refractivity contribution in [1.29, 1.82) is 0 Å². The Kier molecular flexibility index (Phi) is 3.40. The smallest absolute Gasteiger partial charge is 0.410 e. The minimum Gasteiger partial charge on any atom is -0.444 e. The quantitative estimate of drug-likeness (QED) is 0.739.